The van der Waals surface area contributed by atoms with E-state index in [1.165, 1.54) is 30.3 Å². The Labute approximate surface area is 196 Å². The average molecular weight is 466 g/mol. The monoisotopic (exact) mass is 465 g/mol. The number of carbonyl (C=O) groups excluding carboxylic acids is 1. The van der Waals surface area contributed by atoms with E-state index in [0.29, 0.717) is 22.2 Å². The van der Waals surface area contributed by atoms with Crippen molar-refractivity contribution in [2.75, 3.05) is 0 Å². The van der Waals surface area contributed by atoms with Crippen LogP contribution >= 0.6 is 22.9 Å². The van der Waals surface area contributed by atoms with Crippen LogP contribution in [0, 0.1) is 0 Å². The minimum absolute atomic E-state index is 0.0212. The van der Waals surface area contributed by atoms with Crippen molar-refractivity contribution in [2.45, 2.75) is 44.7 Å². The molecule has 2 heterocycles. The van der Waals surface area contributed by atoms with Crippen molar-refractivity contribution in [3.05, 3.63) is 88.3 Å². The number of hydrogen-bond acceptors (Lipinski definition) is 4. The molecular formula is C26H24ClNO3S. The van der Waals surface area contributed by atoms with Crippen LogP contribution < -0.4 is 0 Å². The summed E-state index contributed by atoms with van der Waals surface area (Å²) < 4.78 is 11.9. The number of carbonyl (C=O) groups is 1. The van der Waals surface area contributed by atoms with E-state index in [9.17, 15) is 4.79 Å². The molecule has 32 heavy (non-hydrogen) atoms. The lowest BCUT2D eigenvalue weighted by atomic mass is 9.93. The van der Waals surface area contributed by atoms with Crippen LogP contribution in [0.25, 0.3) is 15.8 Å². The highest BCUT2D eigenvalue weighted by Crippen LogP contribution is 2.37. The second-order valence-electron chi connectivity index (χ2n) is 8.17. The van der Waals surface area contributed by atoms with Crippen LogP contribution in [0.15, 0.2) is 67.3 Å². The number of nitrogens with zero attached hydrogens (tertiary/aromatic N) is 1. The Kier molecular flexibility index (Phi) is 6.19. The summed E-state index contributed by atoms with van der Waals surface area (Å²) in [7, 11) is 0. The lowest BCUT2D eigenvalue weighted by molar-refractivity contribution is 0.0619. The summed E-state index contributed by atoms with van der Waals surface area (Å²) in [5, 5.41) is 1.51. The van der Waals surface area contributed by atoms with Crippen LogP contribution in [0.2, 0.25) is 5.02 Å². The molecule has 0 unspecified atom stereocenters. The van der Waals surface area contributed by atoms with Gasteiger partial charge in [0.05, 0.1) is 5.02 Å². The molecule has 0 radical (unpaired) electrons. The zero-order valence-electron chi connectivity index (χ0n) is 17.6. The maximum atomic E-state index is 13.8. The third kappa shape index (κ3) is 4.27. The van der Waals surface area contributed by atoms with Gasteiger partial charge in [0, 0.05) is 28.2 Å². The van der Waals surface area contributed by atoms with Gasteiger partial charge in [-0.1, -0.05) is 67.3 Å². The Morgan fingerprint density at radius 3 is 2.69 bits per heavy atom. The molecule has 0 bridgehead atoms. The van der Waals surface area contributed by atoms with Gasteiger partial charge in [0.25, 0.3) is 5.91 Å². The molecule has 1 fully saturated rings. The zero-order valence-corrected chi connectivity index (χ0v) is 19.2. The molecule has 1 amide bonds. The first-order chi connectivity index (χ1) is 15.7. The number of ether oxygens (including phenoxy) is 2. The largest absolute Gasteiger partial charge is 0.465 e. The molecule has 1 aliphatic carbocycles. The minimum Gasteiger partial charge on any atom is -0.465 e. The molecule has 4 nitrogen and oxygen atoms in total. The van der Waals surface area contributed by atoms with E-state index in [1.807, 2.05) is 41.3 Å². The lowest BCUT2D eigenvalue weighted by Gasteiger charge is -2.34. The normalized spacial score (nSPS) is 16.3. The number of halogens is 1. The van der Waals surface area contributed by atoms with Crippen molar-refractivity contribution in [1.82, 2.24) is 4.90 Å². The Hall–Kier alpha value is -2.76. The molecule has 1 aliphatic heterocycles. The summed E-state index contributed by atoms with van der Waals surface area (Å²) in [5.41, 5.74) is 1.97. The van der Waals surface area contributed by atoms with Crippen molar-refractivity contribution >= 4 is 44.7 Å². The lowest BCUT2D eigenvalue weighted by Crippen LogP contribution is -2.40. The predicted octanol–water partition coefficient (Wildman–Crippen LogP) is 7.35. The summed E-state index contributed by atoms with van der Waals surface area (Å²) in [6, 6.07) is 16.2. The first-order valence-electron chi connectivity index (χ1n) is 11.0. The van der Waals surface area contributed by atoms with E-state index in [2.05, 4.69) is 12.1 Å². The van der Waals surface area contributed by atoms with Crippen LogP contribution in [-0.2, 0) is 16.0 Å². The van der Waals surface area contributed by atoms with Crippen LogP contribution in [0.5, 0.6) is 0 Å². The van der Waals surface area contributed by atoms with Crippen molar-refractivity contribution in [3.63, 3.8) is 0 Å². The number of thiophene rings is 1. The average Bonchev–Trinajstić information content (AvgIpc) is 3.20. The minimum atomic E-state index is 0.0212. The van der Waals surface area contributed by atoms with Crippen LogP contribution in [0.4, 0.5) is 0 Å². The standard InChI is InChI=1S/C26H24ClNO3S/c27-24-21-11-4-5-12-23(21)32-25(24)26(29)28(20-9-2-1-3-10-20)16-18-7-6-8-19(15-18)22-17-30-13-14-31-22/h4-8,11-15,17,20H,1-3,9-10,16H2. The van der Waals surface area contributed by atoms with Gasteiger partial charge in [0.15, 0.2) is 5.76 Å². The van der Waals surface area contributed by atoms with Crippen molar-refractivity contribution < 1.29 is 14.3 Å². The van der Waals surface area contributed by atoms with E-state index in [1.54, 1.807) is 6.26 Å². The highest BCUT2D eigenvalue weighted by atomic mass is 35.5. The first-order valence-corrected chi connectivity index (χ1v) is 12.1. The molecule has 2 aliphatic rings. The Bertz CT molecular complexity index is 1190. The second-order valence-corrected chi connectivity index (χ2v) is 9.60. The van der Waals surface area contributed by atoms with E-state index < -0.39 is 0 Å². The smallest absolute Gasteiger partial charge is 0.266 e. The highest BCUT2D eigenvalue weighted by Gasteiger charge is 2.29. The Balaban J connectivity index is 1.47. The third-order valence-electron chi connectivity index (χ3n) is 6.07. The molecule has 3 aromatic rings. The number of fused-ring (bicyclic) bond motifs is 1. The molecule has 2 aromatic carbocycles. The Morgan fingerprint density at radius 1 is 1.06 bits per heavy atom. The number of amides is 1. The van der Waals surface area contributed by atoms with Crippen LogP contribution in [0.3, 0.4) is 0 Å². The maximum absolute atomic E-state index is 13.8. The fourth-order valence-corrected chi connectivity index (χ4v) is 5.93. The quantitative estimate of drug-likeness (QED) is 0.395. The van der Waals surface area contributed by atoms with Gasteiger partial charge in [-0.3, -0.25) is 4.79 Å². The SMILES string of the molecule is O=C(c1sc2ccccc2c1Cl)N(Cc1cccc(C2=COC=CO2)c1)C1CCCCC1. The van der Waals surface area contributed by atoms with Crippen LogP contribution in [-0.4, -0.2) is 16.8 Å². The number of benzene rings is 2. The van der Waals surface area contributed by atoms with Gasteiger partial charge in [-0.15, -0.1) is 11.3 Å². The Morgan fingerprint density at radius 2 is 1.91 bits per heavy atom. The van der Waals surface area contributed by atoms with E-state index in [4.69, 9.17) is 21.1 Å². The summed E-state index contributed by atoms with van der Waals surface area (Å²) in [5.74, 6) is 0.672. The molecular weight excluding hydrogens is 442 g/mol. The highest BCUT2D eigenvalue weighted by molar-refractivity contribution is 7.21. The molecule has 0 spiro atoms. The van der Waals surface area contributed by atoms with E-state index >= 15 is 0 Å². The van der Waals surface area contributed by atoms with Crippen molar-refractivity contribution in [2.24, 2.45) is 0 Å². The summed E-state index contributed by atoms with van der Waals surface area (Å²) in [4.78, 5) is 16.5. The van der Waals surface area contributed by atoms with Gasteiger partial charge in [-0.2, -0.15) is 0 Å². The van der Waals surface area contributed by atoms with Gasteiger partial charge in [0.2, 0.25) is 0 Å². The van der Waals surface area contributed by atoms with E-state index in [-0.39, 0.29) is 11.9 Å². The third-order valence-corrected chi connectivity index (χ3v) is 7.74. The molecule has 0 atom stereocenters. The number of rotatable bonds is 5. The molecule has 5 rings (SSSR count). The molecule has 164 valence electrons. The number of hydrogen-bond donors (Lipinski definition) is 0. The van der Waals surface area contributed by atoms with Gasteiger partial charge in [0.1, 0.15) is 23.7 Å². The van der Waals surface area contributed by atoms with Gasteiger partial charge in [-0.05, 0) is 30.5 Å². The van der Waals surface area contributed by atoms with Gasteiger partial charge in [-0.25, -0.2) is 0 Å². The predicted molar refractivity (Wildman–Crippen MR) is 129 cm³/mol. The second kappa shape index (κ2) is 9.39. The summed E-state index contributed by atoms with van der Waals surface area (Å²) >= 11 is 8.17. The maximum Gasteiger partial charge on any atom is 0.266 e. The summed E-state index contributed by atoms with van der Waals surface area (Å²) in [6.45, 7) is 0.534. The molecule has 6 heteroatoms. The first kappa shape index (κ1) is 21.1. The van der Waals surface area contributed by atoms with Gasteiger partial charge < -0.3 is 14.4 Å². The molecule has 1 aromatic heterocycles. The molecule has 0 saturated heterocycles. The summed E-state index contributed by atoms with van der Waals surface area (Å²) in [6.07, 6.45) is 10.2. The van der Waals surface area contributed by atoms with Crippen molar-refractivity contribution in [3.8, 4) is 0 Å². The fraction of sp³-hybridized carbons (Fsp3) is 0.269. The zero-order chi connectivity index (χ0) is 21.9. The molecule has 1 saturated carbocycles. The van der Waals surface area contributed by atoms with Crippen molar-refractivity contribution in [1.29, 1.82) is 0 Å². The fourth-order valence-electron chi connectivity index (χ4n) is 4.46. The van der Waals surface area contributed by atoms with E-state index in [0.717, 1.165) is 46.9 Å². The topological polar surface area (TPSA) is 38.8 Å². The van der Waals surface area contributed by atoms with Gasteiger partial charge >= 0.3 is 0 Å². The molecule has 0 N–H and O–H groups in total. The van der Waals surface area contributed by atoms with Crippen LogP contribution in [0.1, 0.15) is 52.9 Å².